The molecule has 41 heavy (non-hydrogen) atoms. The van der Waals surface area contributed by atoms with Gasteiger partial charge in [-0.2, -0.15) is 26.3 Å². The highest BCUT2D eigenvalue weighted by Gasteiger charge is 2.38. The van der Waals surface area contributed by atoms with Crippen molar-refractivity contribution in [2.45, 2.75) is 51.1 Å². The molecule has 0 aliphatic carbocycles. The number of nitrogens with one attached hydrogen (secondary N) is 3. The number of ether oxygens (including phenoxy) is 1. The van der Waals surface area contributed by atoms with E-state index in [0.717, 1.165) is 23.4 Å². The zero-order chi connectivity index (χ0) is 31.6. The minimum Gasteiger partial charge on any atom is -0.494 e. The molecule has 2 rings (SSSR count). The molecular formula is C23H29F6N5O7. The number of carbonyl (C=O) groups excluding carboxylic acids is 2. The monoisotopic (exact) mass is 601 g/mol. The normalized spacial score (nSPS) is 11.5. The first-order chi connectivity index (χ1) is 19.0. The summed E-state index contributed by atoms with van der Waals surface area (Å²) in [5, 5.41) is 19.8. The molecule has 1 aromatic carbocycles. The largest absolute Gasteiger partial charge is 0.494 e. The van der Waals surface area contributed by atoms with Crippen LogP contribution in [-0.4, -0.2) is 75.5 Å². The lowest BCUT2D eigenvalue weighted by molar-refractivity contribution is -0.193. The van der Waals surface area contributed by atoms with E-state index in [1.54, 1.807) is 6.20 Å². The van der Waals surface area contributed by atoms with Crippen LogP contribution in [0.25, 0.3) is 0 Å². The summed E-state index contributed by atoms with van der Waals surface area (Å²) in [5.74, 6) is -5.23. The Kier molecular flexibility index (Phi) is 16.2. The van der Waals surface area contributed by atoms with E-state index in [2.05, 4.69) is 27.5 Å². The Morgan fingerprint density at radius 3 is 1.98 bits per heavy atom. The van der Waals surface area contributed by atoms with Gasteiger partial charge in [0, 0.05) is 37.8 Å². The average Bonchev–Trinajstić information content (AvgIpc) is 3.39. The van der Waals surface area contributed by atoms with Crippen LogP contribution >= 0.6 is 0 Å². The number of benzene rings is 1. The molecular weight excluding hydrogens is 572 g/mol. The van der Waals surface area contributed by atoms with Gasteiger partial charge in [-0.1, -0.05) is 19.1 Å². The van der Waals surface area contributed by atoms with Crippen molar-refractivity contribution in [3.63, 3.8) is 0 Å². The maximum atomic E-state index is 12.6. The van der Waals surface area contributed by atoms with E-state index in [1.165, 1.54) is 6.33 Å². The summed E-state index contributed by atoms with van der Waals surface area (Å²) in [5.41, 5.74) is 7.12. The van der Waals surface area contributed by atoms with Crippen LogP contribution in [-0.2, 0) is 32.1 Å². The second-order valence-corrected chi connectivity index (χ2v) is 7.76. The van der Waals surface area contributed by atoms with Crippen molar-refractivity contribution in [3.05, 3.63) is 48.0 Å². The zero-order valence-electron chi connectivity index (χ0n) is 21.5. The van der Waals surface area contributed by atoms with Gasteiger partial charge in [-0.3, -0.25) is 9.59 Å². The number of aromatic nitrogens is 2. The standard InChI is InChI=1S/C19H27N5O3.2C2HF3O2/c1-2-9-27-16-5-3-14(4-6-16)11-22-19(26)17(24-18(25)7-8-20)10-15-12-21-13-23-15;2*3-2(4,5)1(6)7/h3-6,12-13,17H,2,7-11,20H2,1H3,(H,21,23)(H,22,26)(H,24,25);2*(H,6,7)/t17-;;/m0../s1. The molecule has 0 aliphatic heterocycles. The molecule has 7 N–H and O–H groups in total. The Labute approximate surface area is 229 Å². The Morgan fingerprint density at radius 2 is 1.56 bits per heavy atom. The minimum absolute atomic E-state index is 0.173. The van der Waals surface area contributed by atoms with E-state index in [-0.39, 0.29) is 24.8 Å². The number of halogens is 6. The maximum Gasteiger partial charge on any atom is 0.490 e. The fraction of sp³-hybridized carbons (Fsp3) is 0.435. The second kappa shape index (κ2) is 18.1. The SMILES string of the molecule is CCCOc1ccc(CNC(=O)[C@H](Cc2cnc[nH]2)NC(=O)CCN)cc1.O=C(O)C(F)(F)F.O=C(O)C(F)(F)F. The topological polar surface area (TPSA) is 197 Å². The van der Waals surface area contributed by atoms with Crippen LogP contribution in [0.15, 0.2) is 36.8 Å². The van der Waals surface area contributed by atoms with Crippen molar-refractivity contribution in [3.8, 4) is 5.75 Å². The number of rotatable bonds is 11. The summed E-state index contributed by atoms with van der Waals surface area (Å²) in [6.45, 7) is 3.32. The van der Waals surface area contributed by atoms with E-state index < -0.39 is 30.3 Å². The van der Waals surface area contributed by atoms with Gasteiger partial charge in [0.15, 0.2) is 0 Å². The smallest absolute Gasteiger partial charge is 0.490 e. The maximum absolute atomic E-state index is 12.6. The molecule has 0 bridgehead atoms. The predicted octanol–water partition coefficient (Wildman–Crippen LogP) is 2.16. The van der Waals surface area contributed by atoms with Gasteiger partial charge in [0.25, 0.3) is 0 Å². The van der Waals surface area contributed by atoms with Gasteiger partial charge >= 0.3 is 24.3 Å². The number of H-pyrrole nitrogens is 1. The first-order valence-corrected chi connectivity index (χ1v) is 11.6. The molecule has 2 amide bonds. The number of carbonyl (C=O) groups is 4. The quantitative estimate of drug-likeness (QED) is 0.209. The first-order valence-electron chi connectivity index (χ1n) is 11.6. The van der Waals surface area contributed by atoms with E-state index in [4.69, 9.17) is 30.3 Å². The van der Waals surface area contributed by atoms with E-state index in [1.807, 2.05) is 24.3 Å². The molecule has 0 saturated carbocycles. The molecule has 0 spiro atoms. The van der Waals surface area contributed by atoms with Crippen molar-refractivity contribution in [1.82, 2.24) is 20.6 Å². The molecule has 0 fully saturated rings. The number of nitrogens with zero attached hydrogens (tertiary/aromatic N) is 1. The lowest BCUT2D eigenvalue weighted by atomic mass is 10.1. The molecule has 0 aliphatic rings. The highest BCUT2D eigenvalue weighted by Crippen LogP contribution is 2.14. The molecule has 0 radical (unpaired) electrons. The van der Waals surface area contributed by atoms with Crippen LogP contribution in [0.5, 0.6) is 5.75 Å². The number of imidazole rings is 1. The number of carboxylic acids is 2. The van der Waals surface area contributed by atoms with Gasteiger partial charge in [-0.15, -0.1) is 0 Å². The first kappa shape index (κ1) is 36.6. The number of carboxylic acid groups (broad SMARTS) is 2. The van der Waals surface area contributed by atoms with Gasteiger partial charge in [0.2, 0.25) is 11.8 Å². The van der Waals surface area contributed by atoms with Crippen LogP contribution in [0.3, 0.4) is 0 Å². The van der Waals surface area contributed by atoms with Crippen LogP contribution in [0.2, 0.25) is 0 Å². The van der Waals surface area contributed by atoms with Crippen LogP contribution < -0.4 is 21.1 Å². The molecule has 230 valence electrons. The molecule has 1 heterocycles. The molecule has 2 aromatic rings. The number of nitrogens with two attached hydrogens (primary N) is 1. The second-order valence-electron chi connectivity index (χ2n) is 7.76. The van der Waals surface area contributed by atoms with Crippen LogP contribution in [0.1, 0.15) is 31.0 Å². The van der Waals surface area contributed by atoms with E-state index >= 15 is 0 Å². The minimum atomic E-state index is -5.08. The summed E-state index contributed by atoms with van der Waals surface area (Å²) in [6, 6.07) is 6.87. The third-order valence-corrected chi connectivity index (χ3v) is 4.35. The molecule has 1 aromatic heterocycles. The fourth-order valence-corrected chi connectivity index (χ4v) is 2.46. The highest BCUT2D eigenvalue weighted by atomic mass is 19.4. The Bertz CT molecular complexity index is 1050. The van der Waals surface area contributed by atoms with Crippen LogP contribution in [0.4, 0.5) is 26.3 Å². The summed E-state index contributed by atoms with van der Waals surface area (Å²) in [7, 11) is 0. The Balaban J connectivity index is 0.000000941. The Morgan fingerprint density at radius 1 is 1.02 bits per heavy atom. The highest BCUT2D eigenvalue weighted by molar-refractivity contribution is 5.87. The van der Waals surface area contributed by atoms with Gasteiger partial charge < -0.3 is 36.3 Å². The number of amides is 2. The summed E-state index contributed by atoms with van der Waals surface area (Å²) >= 11 is 0. The lowest BCUT2D eigenvalue weighted by Crippen LogP contribution is -2.48. The Hall–Kier alpha value is -4.35. The molecule has 0 saturated heterocycles. The van der Waals surface area contributed by atoms with Crippen molar-refractivity contribution in [2.75, 3.05) is 13.2 Å². The van der Waals surface area contributed by atoms with Crippen LogP contribution in [0, 0.1) is 0 Å². The van der Waals surface area contributed by atoms with Gasteiger partial charge in [-0.05, 0) is 24.1 Å². The van der Waals surface area contributed by atoms with Crippen molar-refractivity contribution in [1.29, 1.82) is 0 Å². The van der Waals surface area contributed by atoms with Gasteiger partial charge in [-0.25, -0.2) is 14.6 Å². The van der Waals surface area contributed by atoms with Crippen molar-refractivity contribution in [2.24, 2.45) is 5.73 Å². The zero-order valence-corrected chi connectivity index (χ0v) is 21.5. The predicted molar refractivity (Wildman–Crippen MR) is 129 cm³/mol. The number of hydrogen-bond donors (Lipinski definition) is 6. The molecule has 12 nitrogen and oxygen atoms in total. The number of hydrogen-bond acceptors (Lipinski definition) is 7. The van der Waals surface area contributed by atoms with E-state index in [0.29, 0.717) is 19.6 Å². The third kappa shape index (κ3) is 17.1. The number of aliphatic carboxylic acids is 2. The summed E-state index contributed by atoms with van der Waals surface area (Å²) in [4.78, 5) is 49.1. The molecule has 1 atom stereocenters. The number of alkyl halides is 6. The summed E-state index contributed by atoms with van der Waals surface area (Å²) < 4.78 is 69.0. The third-order valence-electron chi connectivity index (χ3n) is 4.35. The van der Waals surface area contributed by atoms with E-state index in [9.17, 15) is 35.9 Å². The lowest BCUT2D eigenvalue weighted by Gasteiger charge is -2.18. The number of aromatic amines is 1. The average molecular weight is 602 g/mol. The van der Waals surface area contributed by atoms with Crippen molar-refractivity contribution < 1.29 is 60.5 Å². The molecule has 18 heteroatoms. The molecule has 0 unspecified atom stereocenters. The van der Waals surface area contributed by atoms with Gasteiger partial charge in [0.1, 0.15) is 11.8 Å². The van der Waals surface area contributed by atoms with Gasteiger partial charge in [0.05, 0.1) is 12.9 Å². The fourth-order valence-electron chi connectivity index (χ4n) is 2.46. The summed E-state index contributed by atoms with van der Waals surface area (Å²) in [6.07, 6.45) is -5.55. The van der Waals surface area contributed by atoms with Crippen molar-refractivity contribution >= 4 is 23.8 Å².